The number of ether oxygens (including phenoxy) is 1. The smallest absolute Gasteiger partial charge is 0.133 e. The summed E-state index contributed by atoms with van der Waals surface area (Å²) >= 11 is 2.13. The van der Waals surface area contributed by atoms with E-state index in [4.69, 9.17) is 4.74 Å². The van der Waals surface area contributed by atoms with Gasteiger partial charge in [-0.25, -0.2) is 0 Å². The predicted octanol–water partition coefficient (Wildman–Crippen LogP) is 5.06. The van der Waals surface area contributed by atoms with E-state index in [9.17, 15) is 4.79 Å². The summed E-state index contributed by atoms with van der Waals surface area (Å²) in [7, 11) is 0. The standard InChI is InChI=1S/C21H32O2S/c1-19-8-5-15(22)13-14(19)3-4-16-17(19)6-9-20(2)18(16)7-10-21(20)23-11-12-24-21/h14,16-18H,3-13H2,1-2H3/t14-,16+,17-,18+,19-,20+,21-/m0/s1. The molecule has 0 radical (unpaired) electrons. The van der Waals surface area contributed by atoms with E-state index in [1.807, 2.05) is 0 Å². The van der Waals surface area contributed by atoms with Gasteiger partial charge in [-0.1, -0.05) is 13.8 Å². The summed E-state index contributed by atoms with van der Waals surface area (Å²) in [5.74, 6) is 5.02. The molecule has 1 saturated heterocycles. The van der Waals surface area contributed by atoms with Gasteiger partial charge in [0.1, 0.15) is 10.7 Å². The van der Waals surface area contributed by atoms with Crippen LogP contribution < -0.4 is 0 Å². The van der Waals surface area contributed by atoms with E-state index >= 15 is 0 Å². The van der Waals surface area contributed by atoms with Crippen molar-refractivity contribution in [2.75, 3.05) is 12.4 Å². The zero-order chi connectivity index (χ0) is 16.6. The number of carbonyl (C=O) groups excluding carboxylic acids is 1. The lowest BCUT2D eigenvalue weighted by Crippen LogP contribution is -2.55. The highest BCUT2D eigenvalue weighted by molar-refractivity contribution is 8.00. The Kier molecular flexibility index (Phi) is 3.54. The molecule has 4 aliphatic carbocycles. The van der Waals surface area contributed by atoms with Crippen LogP contribution in [0.3, 0.4) is 0 Å². The third kappa shape index (κ3) is 1.92. The van der Waals surface area contributed by atoms with Crippen molar-refractivity contribution < 1.29 is 9.53 Å². The maximum atomic E-state index is 12.0. The number of rotatable bonds is 0. The van der Waals surface area contributed by atoms with Gasteiger partial charge in [-0.3, -0.25) is 4.79 Å². The molecule has 0 aromatic heterocycles. The van der Waals surface area contributed by atoms with Crippen molar-refractivity contribution in [1.29, 1.82) is 0 Å². The highest BCUT2D eigenvalue weighted by Gasteiger charge is 2.66. The molecule has 2 nitrogen and oxygen atoms in total. The van der Waals surface area contributed by atoms with Gasteiger partial charge >= 0.3 is 0 Å². The maximum absolute atomic E-state index is 12.0. The van der Waals surface area contributed by atoms with E-state index in [0.29, 0.717) is 22.5 Å². The van der Waals surface area contributed by atoms with Crippen LogP contribution in [-0.4, -0.2) is 23.1 Å². The number of hydrogen-bond acceptors (Lipinski definition) is 3. The van der Waals surface area contributed by atoms with Crippen molar-refractivity contribution in [3.63, 3.8) is 0 Å². The van der Waals surface area contributed by atoms with Crippen LogP contribution >= 0.6 is 11.8 Å². The van der Waals surface area contributed by atoms with Crippen LogP contribution in [0.1, 0.15) is 71.6 Å². The molecule has 1 spiro atoms. The molecule has 5 rings (SSSR count). The molecule has 134 valence electrons. The lowest BCUT2D eigenvalue weighted by atomic mass is 9.45. The Morgan fingerprint density at radius 2 is 1.88 bits per heavy atom. The van der Waals surface area contributed by atoms with Crippen LogP contribution in [-0.2, 0) is 9.53 Å². The zero-order valence-electron chi connectivity index (χ0n) is 15.3. The molecule has 3 heteroatoms. The largest absolute Gasteiger partial charge is 0.363 e. The molecule has 0 unspecified atom stereocenters. The van der Waals surface area contributed by atoms with E-state index < -0.39 is 0 Å². The molecule has 5 aliphatic rings. The van der Waals surface area contributed by atoms with Gasteiger partial charge in [-0.05, 0) is 74.0 Å². The van der Waals surface area contributed by atoms with E-state index in [0.717, 1.165) is 43.6 Å². The van der Waals surface area contributed by atoms with Crippen LogP contribution in [0.15, 0.2) is 0 Å². The molecule has 0 aromatic rings. The third-order valence-corrected chi connectivity index (χ3v) is 10.9. The van der Waals surface area contributed by atoms with Crippen molar-refractivity contribution in [3.8, 4) is 0 Å². The lowest BCUT2D eigenvalue weighted by Gasteiger charge is -2.61. The Bertz CT molecular complexity index is 554. The Hall–Kier alpha value is -0.0200. The van der Waals surface area contributed by atoms with Crippen LogP contribution in [0.5, 0.6) is 0 Å². The third-order valence-electron chi connectivity index (χ3n) is 9.28. The Labute approximate surface area is 150 Å². The fourth-order valence-electron chi connectivity index (χ4n) is 7.93. The first kappa shape index (κ1) is 16.2. The van der Waals surface area contributed by atoms with E-state index in [2.05, 4.69) is 25.6 Å². The summed E-state index contributed by atoms with van der Waals surface area (Å²) in [5.41, 5.74) is 0.834. The molecule has 0 bridgehead atoms. The molecule has 0 N–H and O–H groups in total. The second-order valence-electron chi connectivity index (χ2n) is 9.84. The van der Waals surface area contributed by atoms with Gasteiger partial charge < -0.3 is 4.74 Å². The number of carbonyl (C=O) groups is 1. The second-order valence-corrected chi connectivity index (χ2v) is 11.2. The molecule has 1 heterocycles. The van der Waals surface area contributed by atoms with E-state index in [1.165, 1.54) is 44.3 Å². The van der Waals surface area contributed by atoms with Gasteiger partial charge in [0.25, 0.3) is 0 Å². The van der Waals surface area contributed by atoms with Gasteiger partial charge in [0, 0.05) is 24.0 Å². The van der Waals surface area contributed by atoms with Crippen LogP contribution in [0, 0.1) is 34.5 Å². The molecular weight excluding hydrogens is 316 g/mol. The molecule has 5 fully saturated rings. The van der Waals surface area contributed by atoms with Crippen molar-refractivity contribution >= 4 is 17.5 Å². The number of ketones is 1. The molecule has 7 atom stereocenters. The minimum absolute atomic E-state index is 0.142. The fourth-order valence-corrected chi connectivity index (χ4v) is 9.44. The predicted molar refractivity (Wildman–Crippen MR) is 97.9 cm³/mol. The summed E-state index contributed by atoms with van der Waals surface area (Å²) < 4.78 is 6.42. The average Bonchev–Trinajstić information content (AvgIpc) is 3.15. The first-order valence-electron chi connectivity index (χ1n) is 10.3. The monoisotopic (exact) mass is 348 g/mol. The minimum Gasteiger partial charge on any atom is -0.363 e. The van der Waals surface area contributed by atoms with Gasteiger partial charge in [-0.15, -0.1) is 11.8 Å². The summed E-state index contributed by atoms with van der Waals surface area (Å²) in [4.78, 5) is 12.1. The topological polar surface area (TPSA) is 26.3 Å². The molecule has 1 aliphatic heterocycles. The molecular formula is C21H32O2S. The zero-order valence-corrected chi connectivity index (χ0v) is 16.1. The summed E-state index contributed by atoms with van der Waals surface area (Å²) in [6, 6.07) is 0. The minimum atomic E-state index is 0.142. The van der Waals surface area contributed by atoms with Crippen LogP contribution in [0.25, 0.3) is 0 Å². The van der Waals surface area contributed by atoms with Crippen molar-refractivity contribution in [2.24, 2.45) is 34.5 Å². The van der Waals surface area contributed by atoms with Crippen molar-refractivity contribution in [3.05, 3.63) is 0 Å². The molecule has 4 saturated carbocycles. The fraction of sp³-hybridized carbons (Fsp3) is 0.952. The lowest BCUT2D eigenvalue weighted by molar-refractivity contribution is -0.147. The maximum Gasteiger partial charge on any atom is 0.133 e. The van der Waals surface area contributed by atoms with Gasteiger partial charge in [-0.2, -0.15) is 0 Å². The van der Waals surface area contributed by atoms with Gasteiger partial charge in [0.05, 0.1) is 6.61 Å². The quantitative estimate of drug-likeness (QED) is 0.612. The van der Waals surface area contributed by atoms with Crippen molar-refractivity contribution in [2.45, 2.75) is 76.6 Å². The average molecular weight is 349 g/mol. The first-order valence-corrected chi connectivity index (χ1v) is 11.3. The molecule has 0 aromatic carbocycles. The summed E-state index contributed by atoms with van der Waals surface area (Å²) in [6.45, 7) is 6.08. The van der Waals surface area contributed by atoms with E-state index in [-0.39, 0.29) is 4.93 Å². The number of Topliss-reactive ketones (excluding diaryl/α,β-unsaturated/α-hetero) is 1. The van der Waals surface area contributed by atoms with Gasteiger partial charge in [0.15, 0.2) is 0 Å². The summed E-state index contributed by atoms with van der Waals surface area (Å²) in [5, 5.41) is 0. The number of hydrogen-bond donors (Lipinski definition) is 0. The van der Waals surface area contributed by atoms with Crippen LogP contribution in [0.4, 0.5) is 0 Å². The van der Waals surface area contributed by atoms with Crippen molar-refractivity contribution in [1.82, 2.24) is 0 Å². The second kappa shape index (κ2) is 5.25. The Morgan fingerprint density at radius 3 is 2.67 bits per heavy atom. The normalized spacial score (nSPS) is 56.8. The van der Waals surface area contributed by atoms with E-state index in [1.54, 1.807) is 0 Å². The first-order chi connectivity index (χ1) is 11.5. The SMILES string of the molecule is C[C@]12CCC(=O)C[C@@H]1CC[C@H]1[C@H]3CC[C@@]4(OCCS4)[C@]3(C)CC[C@@H]12. The number of thioether (sulfide) groups is 1. The highest BCUT2D eigenvalue weighted by atomic mass is 32.2. The highest BCUT2D eigenvalue weighted by Crippen LogP contribution is 2.71. The van der Waals surface area contributed by atoms with Crippen LogP contribution in [0.2, 0.25) is 0 Å². The molecule has 0 amide bonds. The Balaban J connectivity index is 1.46. The Morgan fingerprint density at radius 1 is 1.04 bits per heavy atom. The van der Waals surface area contributed by atoms with Gasteiger partial charge in [0.2, 0.25) is 0 Å². The number of fused-ring (bicyclic) bond motifs is 6. The summed E-state index contributed by atoms with van der Waals surface area (Å²) in [6.07, 6.45) is 11.0. The molecule has 24 heavy (non-hydrogen) atoms.